The summed E-state index contributed by atoms with van der Waals surface area (Å²) in [7, 11) is 0. The second kappa shape index (κ2) is 5.27. The van der Waals surface area contributed by atoms with Crippen LogP contribution in [0, 0.1) is 0 Å². The molecule has 20 heavy (non-hydrogen) atoms. The highest BCUT2D eigenvalue weighted by Gasteiger charge is 2.05. The Balaban J connectivity index is 1.83. The lowest BCUT2D eigenvalue weighted by atomic mass is 10.1. The Morgan fingerprint density at radius 1 is 1.15 bits per heavy atom. The third-order valence-electron chi connectivity index (χ3n) is 3.28. The van der Waals surface area contributed by atoms with Crippen molar-refractivity contribution in [2.75, 3.05) is 0 Å². The van der Waals surface area contributed by atoms with Gasteiger partial charge >= 0.3 is 0 Å². The Hall–Kier alpha value is -2.46. The number of nitrogens with one attached hydrogen (secondary N) is 1. The molecule has 0 aliphatic heterocycles. The molecule has 0 spiro atoms. The van der Waals surface area contributed by atoms with Gasteiger partial charge in [-0.05, 0) is 29.8 Å². The lowest BCUT2D eigenvalue weighted by Gasteiger charge is -2.06. The number of rotatable bonds is 4. The number of aromatic nitrogens is 1. The minimum absolute atomic E-state index is 0.201. The highest BCUT2D eigenvalue weighted by atomic mass is 16.5. The van der Waals surface area contributed by atoms with Gasteiger partial charge < -0.3 is 20.6 Å². The van der Waals surface area contributed by atoms with Crippen LogP contribution in [-0.2, 0) is 13.2 Å². The smallest absolute Gasteiger partial charge is 0.123 e. The fourth-order valence-corrected chi connectivity index (χ4v) is 2.21. The first-order valence-electron chi connectivity index (χ1n) is 6.47. The van der Waals surface area contributed by atoms with Crippen molar-refractivity contribution in [3.63, 3.8) is 0 Å². The van der Waals surface area contributed by atoms with E-state index in [1.54, 1.807) is 18.2 Å². The van der Waals surface area contributed by atoms with Gasteiger partial charge in [-0.15, -0.1) is 0 Å². The number of benzene rings is 2. The van der Waals surface area contributed by atoms with Crippen LogP contribution >= 0.6 is 0 Å². The summed E-state index contributed by atoms with van der Waals surface area (Å²) in [6, 6.07) is 12.9. The minimum Gasteiger partial charge on any atom is -0.508 e. The SMILES string of the molecule is NCc1ccc2[nH]cc(COc3cccc(O)c3)c2c1. The number of aromatic amines is 1. The molecule has 0 aliphatic rings. The van der Waals surface area contributed by atoms with Crippen molar-refractivity contribution in [3.05, 3.63) is 59.8 Å². The highest BCUT2D eigenvalue weighted by molar-refractivity contribution is 5.83. The van der Waals surface area contributed by atoms with Crippen molar-refractivity contribution in [2.45, 2.75) is 13.2 Å². The normalized spacial score (nSPS) is 10.8. The Bertz CT molecular complexity index is 734. The topological polar surface area (TPSA) is 71.3 Å². The van der Waals surface area contributed by atoms with Gasteiger partial charge in [0.15, 0.2) is 0 Å². The molecule has 0 fully saturated rings. The molecule has 0 radical (unpaired) electrons. The van der Waals surface area contributed by atoms with Crippen LogP contribution in [0.3, 0.4) is 0 Å². The Kier molecular flexibility index (Phi) is 3.31. The zero-order chi connectivity index (χ0) is 13.9. The largest absolute Gasteiger partial charge is 0.508 e. The first-order valence-corrected chi connectivity index (χ1v) is 6.47. The zero-order valence-corrected chi connectivity index (χ0v) is 11.0. The summed E-state index contributed by atoms with van der Waals surface area (Å²) in [5.41, 5.74) is 8.90. The molecule has 102 valence electrons. The van der Waals surface area contributed by atoms with Crippen molar-refractivity contribution in [1.29, 1.82) is 0 Å². The molecule has 1 heterocycles. The molecule has 3 aromatic rings. The lowest BCUT2D eigenvalue weighted by molar-refractivity contribution is 0.306. The van der Waals surface area contributed by atoms with Gasteiger partial charge in [-0.2, -0.15) is 0 Å². The quantitative estimate of drug-likeness (QED) is 0.681. The molecule has 0 saturated carbocycles. The van der Waals surface area contributed by atoms with Crippen LogP contribution in [0.5, 0.6) is 11.5 Å². The number of hydrogen-bond donors (Lipinski definition) is 3. The molecule has 3 rings (SSSR count). The second-order valence-electron chi connectivity index (χ2n) is 4.68. The summed E-state index contributed by atoms with van der Waals surface area (Å²) in [6.07, 6.45) is 1.94. The maximum absolute atomic E-state index is 9.41. The first-order chi connectivity index (χ1) is 9.76. The molecule has 0 aliphatic carbocycles. The van der Waals surface area contributed by atoms with Crippen molar-refractivity contribution in [2.24, 2.45) is 5.73 Å². The average molecular weight is 268 g/mol. The number of fused-ring (bicyclic) bond motifs is 1. The third-order valence-corrected chi connectivity index (χ3v) is 3.28. The third kappa shape index (κ3) is 2.46. The van der Waals surface area contributed by atoms with E-state index in [0.717, 1.165) is 22.0 Å². The Morgan fingerprint density at radius 2 is 2.05 bits per heavy atom. The number of ether oxygens (including phenoxy) is 1. The van der Waals surface area contributed by atoms with E-state index in [2.05, 4.69) is 11.1 Å². The predicted molar refractivity (Wildman–Crippen MR) is 78.6 cm³/mol. The van der Waals surface area contributed by atoms with Gasteiger partial charge in [-0.1, -0.05) is 12.1 Å². The number of hydrogen-bond acceptors (Lipinski definition) is 3. The monoisotopic (exact) mass is 268 g/mol. The Morgan fingerprint density at radius 3 is 2.85 bits per heavy atom. The molecule has 4 heteroatoms. The van der Waals surface area contributed by atoms with Crippen molar-refractivity contribution < 1.29 is 9.84 Å². The van der Waals surface area contributed by atoms with Gasteiger partial charge in [0.05, 0.1) is 0 Å². The van der Waals surface area contributed by atoms with E-state index in [0.29, 0.717) is 18.9 Å². The summed E-state index contributed by atoms with van der Waals surface area (Å²) in [6.45, 7) is 0.964. The molecule has 0 atom stereocenters. The van der Waals surface area contributed by atoms with Crippen LogP contribution in [0.15, 0.2) is 48.7 Å². The van der Waals surface area contributed by atoms with Crippen LogP contribution in [0.25, 0.3) is 10.9 Å². The molecule has 0 amide bonds. The van der Waals surface area contributed by atoms with Crippen molar-refractivity contribution >= 4 is 10.9 Å². The summed E-state index contributed by atoms with van der Waals surface area (Å²) in [4.78, 5) is 3.22. The molecule has 4 nitrogen and oxygen atoms in total. The molecule has 4 N–H and O–H groups in total. The van der Waals surface area contributed by atoms with Gasteiger partial charge in [0.1, 0.15) is 18.1 Å². The van der Waals surface area contributed by atoms with Gasteiger partial charge in [0.2, 0.25) is 0 Å². The van der Waals surface area contributed by atoms with Gasteiger partial charge in [0, 0.05) is 35.3 Å². The maximum atomic E-state index is 9.41. The summed E-state index contributed by atoms with van der Waals surface area (Å²) >= 11 is 0. The number of phenolic OH excluding ortho intramolecular Hbond substituents is 1. The number of H-pyrrole nitrogens is 1. The van der Waals surface area contributed by atoms with E-state index >= 15 is 0 Å². The fraction of sp³-hybridized carbons (Fsp3) is 0.125. The Labute approximate surface area is 116 Å². The van der Waals surface area contributed by atoms with Crippen LogP contribution in [0.4, 0.5) is 0 Å². The number of aromatic hydroxyl groups is 1. The van der Waals surface area contributed by atoms with E-state index in [4.69, 9.17) is 10.5 Å². The van der Waals surface area contributed by atoms with E-state index in [1.807, 2.05) is 24.4 Å². The zero-order valence-electron chi connectivity index (χ0n) is 11.0. The fourth-order valence-electron chi connectivity index (χ4n) is 2.21. The second-order valence-corrected chi connectivity index (χ2v) is 4.68. The highest BCUT2D eigenvalue weighted by Crippen LogP contribution is 2.23. The van der Waals surface area contributed by atoms with Gasteiger partial charge in [0.25, 0.3) is 0 Å². The molecular weight excluding hydrogens is 252 g/mol. The van der Waals surface area contributed by atoms with Gasteiger partial charge in [-0.3, -0.25) is 0 Å². The molecule has 0 saturated heterocycles. The van der Waals surface area contributed by atoms with Crippen molar-refractivity contribution in [1.82, 2.24) is 4.98 Å². The molecule has 0 unspecified atom stereocenters. The molecule has 1 aromatic heterocycles. The summed E-state index contributed by atoms with van der Waals surface area (Å²) in [5.74, 6) is 0.848. The molecule has 0 bridgehead atoms. The predicted octanol–water partition coefficient (Wildman–Crippen LogP) is 2.91. The average Bonchev–Trinajstić information content (AvgIpc) is 2.87. The van der Waals surface area contributed by atoms with E-state index < -0.39 is 0 Å². The maximum Gasteiger partial charge on any atom is 0.123 e. The van der Waals surface area contributed by atoms with Crippen molar-refractivity contribution in [3.8, 4) is 11.5 Å². The van der Waals surface area contributed by atoms with Crippen LogP contribution < -0.4 is 10.5 Å². The number of nitrogens with two attached hydrogens (primary N) is 1. The van der Waals surface area contributed by atoms with E-state index in [-0.39, 0.29) is 5.75 Å². The minimum atomic E-state index is 0.201. The van der Waals surface area contributed by atoms with Crippen LogP contribution in [-0.4, -0.2) is 10.1 Å². The summed E-state index contributed by atoms with van der Waals surface area (Å²) < 4.78 is 5.70. The van der Waals surface area contributed by atoms with Gasteiger partial charge in [-0.25, -0.2) is 0 Å². The van der Waals surface area contributed by atoms with E-state index in [1.165, 1.54) is 0 Å². The summed E-state index contributed by atoms with van der Waals surface area (Å²) in [5, 5.41) is 10.5. The molecule has 2 aromatic carbocycles. The molecular formula is C16H16N2O2. The van der Waals surface area contributed by atoms with E-state index in [9.17, 15) is 5.11 Å². The standard InChI is InChI=1S/C16H16N2O2/c17-8-11-4-5-16-15(6-11)12(9-18-16)10-20-14-3-1-2-13(19)7-14/h1-7,9,18-19H,8,10,17H2. The number of phenols is 1. The lowest BCUT2D eigenvalue weighted by Crippen LogP contribution is -1.97. The van der Waals surface area contributed by atoms with Crippen LogP contribution in [0.1, 0.15) is 11.1 Å². The first kappa shape index (κ1) is 12.6. The van der Waals surface area contributed by atoms with Crippen LogP contribution in [0.2, 0.25) is 0 Å².